The number of unbranched alkanes of at least 4 members (excludes halogenated alkanes) is 3. The normalized spacial score (nSPS) is 10.3. The lowest BCUT2D eigenvalue weighted by atomic mass is 10.0. The highest BCUT2D eigenvalue weighted by atomic mass is 16.4. The lowest BCUT2D eigenvalue weighted by Gasteiger charge is -2.03. The van der Waals surface area contributed by atoms with Gasteiger partial charge in [0.2, 0.25) is 0 Å². The highest BCUT2D eigenvalue weighted by Gasteiger charge is 2.01. The molecule has 98 valence electrons. The molecule has 0 aliphatic carbocycles. The summed E-state index contributed by atoms with van der Waals surface area (Å²) < 4.78 is 0. The average molecular weight is 248 g/mol. The van der Waals surface area contributed by atoms with Crippen LogP contribution in [0.25, 0.3) is 0 Å². The van der Waals surface area contributed by atoms with Gasteiger partial charge in [-0.05, 0) is 37.8 Å². The number of carboxylic acid groups (broad SMARTS) is 1. The number of aryl methyl sites for hydroxylation is 1. The lowest BCUT2D eigenvalue weighted by Crippen LogP contribution is -1.95. The molecule has 0 fully saturated rings. The molecule has 1 aromatic carbocycles. The summed E-state index contributed by atoms with van der Waals surface area (Å²) in [7, 11) is 0. The minimum atomic E-state index is -0.718. The zero-order chi connectivity index (χ0) is 13.4. The Kier molecular flexibility index (Phi) is 6.12. The monoisotopic (exact) mass is 248 g/mol. The summed E-state index contributed by atoms with van der Waals surface area (Å²) >= 11 is 0. The van der Waals surface area contributed by atoms with Gasteiger partial charge in [-0.1, -0.05) is 31.0 Å². The molecule has 0 aromatic heterocycles. The number of carbonyl (C=O) groups excluding carboxylic acids is 1. The molecular formula is C15H20O3. The summed E-state index contributed by atoms with van der Waals surface area (Å²) in [5.41, 5.74) is 1.94. The van der Waals surface area contributed by atoms with Crippen molar-refractivity contribution in [2.24, 2.45) is 0 Å². The zero-order valence-electron chi connectivity index (χ0n) is 10.8. The molecule has 0 radical (unpaired) electrons. The van der Waals surface area contributed by atoms with Crippen LogP contribution in [0.1, 0.15) is 54.9 Å². The molecule has 0 amide bonds. The Morgan fingerprint density at radius 3 is 2.50 bits per heavy atom. The van der Waals surface area contributed by atoms with Crippen LogP contribution in [0.4, 0.5) is 0 Å². The molecule has 1 N–H and O–H groups in total. The Labute approximate surface area is 108 Å². The van der Waals surface area contributed by atoms with Crippen LogP contribution in [0.3, 0.4) is 0 Å². The molecule has 0 saturated heterocycles. The van der Waals surface area contributed by atoms with Crippen molar-refractivity contribution < 1.29 is 14.7 Å². The van der Waals surface area contributed by atoms with Crippen LogP contribution in [-0.2, 0) is 11.2 Å². The van der Waals surface area contributed by atoms with Crippen molar-refractivity contribution >= 4 is 11.8 Å². The van der Waals surface area contributed by atoms with Crippen LogP contribution < -0.4 is 0 Å². The van der Waals surface area contributed by atoms with Crippen molar-refractivity contribution in [3.8, 4) is 0 Å². The Hall–Kier alpha value is -1.64. The third-order valence-corrected chi connectivity index (χ3v) is 2.94. The van der Waals surface area contributed by atoms with E-state index in [4.69, 9.17) is 5.11 Å². The largest absolute Gasteiger partial charge is 0.481 e. The van der Waals surface area contributed by atoms with Crippen LogP contribution in [0, 0.1) is 0 Å². The smallest absolute Gasteiger partial charge is 0.303 e. The topological polar surface area (TPSA) is 54.4 Å². The maximum Gasteiger partial charge on any atom is 0.303 e. The molecular weight excluding hydrogens is 228 g/mol. The fourth-order valence-electron chi connectivity index (χ4n) is 1.90. The molecule has 18 heavy (non-hydrogen) atoms. The fraction of sp³-hybridized carbons (Fsp3) is 0.467. The average Bonchev–Trinajstić information content (AvgIpc) is 2.33. The van der Waals surface area contributed by atoms with E-state index in [9.17, 15) is 9.59 Å². The Morgan fingerprint density at radius 1 is 1.11 bits per heavy atom. The molecule has 0 unspecified atom stereocenters. The fourth-order valence-corrected chi connectivity index (χ4v) is 1.90. The number of ketones is 1. The molecule has 3 nitrogen and oxygen atoms in total. The Balaban J connectivity index is 2.25. The number of rotatable bonds is 8. The van der Waals surface area contributed by atoms with Gasteiger partial charge >= 0.3 is 5.97 Å². The van der Waals surface area contributed by atoms with E-state index in [1.807, 2.05) is 24.3 Å². The van der Waals surface area contributed by atoms with Crippen molar-refractivity contribution in [3.05, 3.63) is 35.4 Å². The number of carboxylic acids is 1. The summed E-state index contributed by atoms with van der Waals surface area (Å²) in [6, 6.07) is 7.72. The van der Waals surface area contributed by atoms with Crippen molar-refractivity contribution in [2.75, 3.05) is 0 Å². The van der Waals surface area contributed by atoms with Crippen LogP contribution in [0.5, 0.6) is 0 Å². The van der Waals surface area contributed by atoms with Gasteiger partial charge in [-0.3, -0.25) is 9.59 Å². The van der Waals surface area contributed by atoms with Crippen LogP contribution >= 0.6 is 0 Å². The summed E-state index contributed by atoms with van der Waals surface area (Å²) in [6.07, 6.45) is 5.01. The predicted molar refractivity (Wildman–Crippen MR) is 70.9 cm³/mol. The van der Waals surface area contributed by atoms with Gasteiger partial charge in [0.1, 0.15) is 0 Å². The van der Waals surface area contributed by atoms with E-state index in [1.165, 1.54) is 5.56 Å². The molecule has 0 atom stereocenters. The van der Waals surface area contributed by atoms with E-state index in [2.05, 4.69) is 0 Å². The van der Waals surface area contributed by atoms with Gasteiger partial charge in [-0.25, -0.2) is 0 Å². The number of hydrogen-bond acceptors (Lipinski definition) is 2. The molecule has 3 heteroatoms. The Morgan fingerprint density at radius 2 is 1.83 bits per heavy atom. The number of hydrogen-bond donors (Lipinski definition) is 1. The molecule has 0 bridgehead atoms. The minimum Gasteiger partial charge on any atom is -0.481 e. The van der Waals surface area contributed by atoms with Gasteiger partial charge in [0.25, 0.3) is 0 Å². The van der Waals surface area contributed by atoms with Gasteiger partial charge in [-0.2, -0.15) is 0 Å². The van der Waals surface area contributed by atoms with Crippen LogP contribution in [0.15, 0.2) is 24.3 Å². The highest BCUT2D eigenvalue weighted by Crippen LogP contribution is 2.11. The maximum atomic E-state index is 11.2. The Bertz CT molecular complexity index is 410. The van der Waals surface area contributed by atoms with Crippen LogP contribution in [-0.4, -0.2) is 16.9 Å². The molecule has 0 heterocycles. The van der Waals surface area contributed by atoms with Gasteiger partial charge < -0.3 is 5.11 Å². The second-order valence-electron chi connectivity index (χ2n) is 4.56. The molecule has 0 spiro atoms. The molecule has 0 saturated carbocycles. The van der Waals surface area contributed by atoms with E-state index in [0.29, 0.717) is 0 Å². The van der Waals surface area contributed by atoms with E-state index in [0.717, 1.165) is 37.7 Å². The van der Waals surface area contributed by atoms with Gasteiger partial charge in [0.05, 0.1) is 0 Å². The second kappa shape index (κ2) is 7.64. The van der Waals surface area contributed by atoms with Gasteiger partial charge in [0.15, 0.2) is 5.78 Å². The first-order valence-electron chi connectivity index (χ1n) is 6.41. The quantitative estimate of drug-likeness (QED) is 0.566. The maximum absolute atomic E-state index is 11.2. The molecule has 1 rings (SSSR count). The number of carbonyl (C=O) groups is 2. The predicted octanol–water partition coefficient (Wildman–Crippen LogP) is 3.47. The van der Waals surface area contributed by atoms with Crippen molar-refractivity contribution in [1.29, 1.82) is 0 Å². The van der Waals surface area contributed by atoms with Crippen molar-refractivity contribution in [2.45, 2.75) is 45.4 Å². The number of benzene rings is 1. The van der Waals surface area contributed by atoms with E-state index in [1.54, 1.807) is 6.92 Å². The second-order valence-corrected chi connectivity index (χ2v) is 4.56. The lowest BCUT2D eigenvalue weighted by molar-refractivity contribution is -0.137. The van der Waals surface area contributed by atoms with E-state index >= 15 is 0 Å². The van der Waals surface area contributed by atoms with Gasteiger partial charge in [0, 0.05) is 12.0 Å². The highest BCUT2D eigenvalue weighted by molar-refractivity contribution is 5.94. The summed E-state index contributed by atoms with van der Waals surface area (Å²) in [5, 5.41) is 8.50. The SMILES string of the molecule is CC(=O)c1cccc(CCCCCCC(=O)O)c1. The molecule has 0 aliphatic rings. The minimum absolute atomic E-state index is 0.0957. The third-order valence-electron chi connectivity index (χ3n) is 2.94. The first-order valence-corrected chi connectivity index (χ1v) is 6.41. The summed E-state index contributed by atoms with van der Waals surface area (Å²) in [5.74, 6) is -0.623. The van der Waals surface area contributed by atoms with Crippen LogP contribution in [0.2, 0.25) is 0 Å². The molecule has 0 aliphatic heterocycles. The van der Waals surface area contributed by atoms with Crippen molar-refractivity contribution in [3.63, 3.8) is 0 Å². The van der Waals surface area contributed by atoms with Crippen molar-refractivity contribution in [1.82, 2.24) is 0 Å². The number of aliphatic carboxylic acids is 1. The van der Waals surface area contributed by atoms with Gasteiger partial charge in [-0.15, -0.1) is 0 Å². The number of Topliss-reactive ketones (excluding diaryl/α,β-unsaturated/α-hetero) is 1. The first-order chi connectivity index (χ1) is 8.59. The van der Waals surface area contributed by atoms with E-state index < -0.39 is 5.97 Å². The third kappa shape index (κ3) is 5.62. The zero-order valence-corrected chi connectivity index (χ0v) is 10.8. The molecule has 1 aromatic rings. The summed E-state index contributed by atoms with van der Waals surface area (Å²) in [6.45, 7) is 1.57. The van der Waals surface area contributed by atoms with E-state index in [-0.39, 0.29) is 12.2 Å². The summed E-state index contributed by atoms with van der Waals surface area (Å²) in [4.78, 5) is 21.5. The first kappa shape index (κ1) is 14.4. The standard InChI is InChI=1S/C15H20O3/c1-12(16)14-9-6-8-13(11-14)7-4-2-3-5-10-15(17)18/h6,8-9,11H,2-5,7,10H2,1H3,(H,17,18).